The van der Waals surface area contributed by atoms with Gasteiger partial charge in [-0.3, -0.25) is 4.99 Å². The molecule has 1 aromatic rings. The maximum Gasteiger partial charge on any atom is 0.391 e. The first kappa shape index (κ1) is 19.5. The lowest BCUT2D eigenvalue weighted by Crippen LogP contribution is -2.46. The molecule has 2 rings (SSSR count). The molecule has 0 aliphatic heterocycles. The van der Waals surface area contributed by atoms with Gasteiger partial charge in [0, 0.05) is 19.6 Å². The summed E-state index contributed by atoms with van der Waals surface area (Å²) in [5, 5.41) is 6.07. The first-order valence-electron chi connectivity index (χ1n) is 8.27. The summed E-state index contributed by atoms with van der Waals surface area (Å²) < 4.78 is 64.7. The molecule has 0 saturated heterocycles. The molecule has 3 nitrogen and oxygen atoms in total. The van der Waals surface area contributed by atoms with E-state index in [1.165, 1.54) is 0 Å². The van der Waals surface area contributed by atoms with Crippen LogP contribution in [0.15, 0.2) is 23.2 Å². The van der Waals surface area contributed by atoms with E-state index in [1.54, 1.807) is 7.05 Å². The van der Waals surface area contributed by atoms with Crippen LogP contribution in [0.25, 0.3) is 0 Å². The van der Waals surface area contributed by atoms with E-state index in [-0.39, 0.29) is 30.9 Å². The minimum absolute atomic E-state index is 0.0734. The van der Waals surface area contributed by atoms with Gasteiger partial charge in [0.2, 0.25) is 0 Å². The number of halogens is 5. The van der Waals surface area contributed by atoms with Crippen LogP contribution >= 0.6 is 0 Å². The molecule has 0 bridgehead atoms. The van der Waals surface area contributed by atoms with Crippen molar-refractivity contribution < 1.29 is 22.0 Å². The first-order valence-corrected chi connectivity index (χ1v) is 8.27. The summed E-state index contributed by atoms with van der Waals surface area (Å²) >= 11 is 0. The van der Waals surface area contributed by atoms with Crippen molar-refractivity contribution in [3.8, 4) is 0 Å². The summed E-state index contributed by atoms with van der Waals surface area (Å²) in [7, 11) is 1.56. The smallest absolute Gasteiger partial charge is 0.356 e. The number of nitrogens with zero attached hydrogens (tertiary/aromatic N) is 1. The van der Waals surface area contributed by atoms with Gasteiger partial charge >= 0.3 is 6.18 Å². The van der Waals surface area contributed by atoms with E-state index in [0.717, 1.165) is 18.2 Å². The van der Waals surface area contributed by atoms with E-state index in [1.807, 2.05) is 0 Å². The Kier molecular flexibility index (Phi) is 6.61. The van der Waals surface area contributed by atoms with Gasteiger partial charge in [0.15, 0.2) is 5.96 Å². The van der Waals surface area contributed by atoms with E-state index in [9.17, 15) is 22.0 Å². The molecule has 0 unspecified atom stereocenters. The maximum atomic E-state index is 13.5. The van der Waals surface area contributed by atoms with E-state index < -0.39 is 23.7 Å². The third-order valence-electron chi connectivity index (χ3n) is 4.45. The predicted octanol–water partition coefficient (Wildman–Crippen LogP) is 3.79. The van der Waals surface area contributed by atoms with Crippen molar-refractivity contribution in [1.82, 2.24) is 10.6 Å². The molecule has 25 heavy (non-hydrogen) atoms. The maximum absolute atomic E-state index is 13.5. The molecule has 0 amide bonds. The number of benzene rings is 1. The van der Waals surface area contributed by atoms with Crippen molar-refractivity contribution in [2.24, 2.45) is 10.9 Å². The summed E-state index contributed by atoms with van der Waals surface area (Å²) in [5.41, 5.74) is 0.258. The second kappa shape index (κ2) is 8.49. The van der Waals surface area contributed by atoms with Gasteiger partial charge in [0.1, 0.15) is 11.6 Å². The number of aliphatic imine (C=N–C) groups is 1. The Morgan fingerprint density at radius 2 is 1.84 bits per heavy atom. The van der Waals surface area contributed by atoms with E-state index in [0.29, 0.717) is 25.3 Å². The molecule has 0 radical (unpaired) electrons. The van der Waals surface area contributed by atoms with Crippen molar-refractivity contribution in [2.75, 3.05) is 13.6 Å². The fourth-order valence-electron chi connectivity index (χ4n) is 3.00. The molecule has 0 spiro atoms. The van der Waals surface area contributed by atoms with Crippen molar-refractivity contribution >= 4 is 5.96 Å². The Bertz CT molecular complexity index is 592. The first-order chi connectivity index (χ1) is 11.8. The van der Waals surface area contributed by atoms with Crippen LogP contribution in [0.5, 0.6) is 0 Å². The van der Waals surface area contributed by atoms with Gasteiger partial charge in [-0.25, -0.2) is 8.78 Å². The predicted molar refractivity (Wildman–Crippen MR) is 86.4 cm³/mol. The summed E-state index contributed by atoms with van der Waals surface area (Å²) in [6, 6.07) is 3.21. The molecule has 1 saturated carbocycles. The highest BCUT2D eigenvalue weighted by Gasteiger charge is 2.41. The van der Waals surface area contributed by atoms with Crippen molar-refractivity contribution in [1.29, 1.82) is 0 Å². The molecule has 0 atom stereocenters. The molecular formula is C17H22F5N3. The van der Waals surface area contributed by atoms with Crippen molar-refractivity contribution in [3.63, 3.8) is 0 Å². The molecule has 0 heterocycles. The third-order valence-corrected chi connectivity index (χ3v) is 4.45. The number of rotatable bonds is 4. The van der Waals surface area contributed by atoms with E-state index in [2.05, 4.69) is 15.6 Å². The Morgan fingerprint density at radius 3 is 2.44 bits per heavy atom. The normalized spacial score (nSPS) is 21.9. The Hall–Kier alpha value is -1.86. The quantitative estimate of drug-likeness (QED) is 0.485. The van der Waals surface area contributed by atoms with Gasteiger partial charge in [0.25, 0.3) is 0 Å². The molecule has 1 aliphatic rings. The fraction of sp³-hybridized carbons (Fsp3) is 0.588. The monoisotopic (exact) mass is 363 g/mol. The van der Waals surface area contributed by atoms with Gasteiger partial charge in [0.05, 0.1) is 5.92 Å². The zero-order chi connectivity index (χ0) is 18.4. The highest BCUT2D eigenvalue weighted by atomic mass is 19.4. The standard InChI is InChI=1S/C17H22F5N3/c1-23-16(24-9-8-11-10-13(18)4-7-15(11)19)25-14-5-2-12(3-6-14)17(20,21)22/h4,7,10,12,14H,2-3,5-6,8-9H2,1H3,(H2,23,24,25). The third kappa shape index (κ3) is 5.86. The average Bonchev–Trinajstić information content (AvgIpc) is 2.56. The summed E-state index contributed by atoms with van der Waals surface area (Å²) in [6.07, 6.45) is -2.81. The summed E-state index contributed by atoms with van der Waals surface area (Å²) in [5.74, 6) is -1.75. The van der Waals surface area contributed by atoms with Gasteiger partial charge in [-0.2, -0.15) is 13.2 Å². The van der Waals surface area contributed by atoms with Crippen LogP contribution in [0.4, 0.5) is 22.0 Å². The lowest BCUT2D eigenvalue weighted by Gasteiger charge is -2.31. The van der Waals surface area contributed by atoms with Crippen LogP contribution in [-0.4, -0.2) is 31.8 Å². The van der Waals surface area contributed by atoms with Crippen molar-refractivity contribution in [2.45, 2.75) is 44.3 Å². The molecular weight excluding hydrogens is 341 g/mol. The highest BCUT2D eigenvalue weighted by Crippen LogP contribution is 2.37. The Balaban J connectivity index is 1.77. The SMILES string of the molecule is CN=C(NCCc1cc(F)ccc1F)NC1CCC(C(F)(F)F)CC1. The minimum atomic E-state index is -4.13. The molecule has 1 aromatic carbocycles. The topological polar surface area (TPSA) is 36.4 Å². The molecule has 140 valence electrons. The molecule has 8 heteroatoms. The Morgan fingerprint density at radius 1 is 1.16 bits per heavy atom. The Labute approximate surface area is 143 Å². The van der Waals surface area contributed by atoms with Crippen LogP contribution in [-0.2, 0) is 6.42 Å². The molecule has 0 aromatic heterocycles. The van der Waals surface area contributed by atoms with Crippen LogP contribution in [0.1, 0.15) is 31.2 Å². The van der Waals surface area contributed by atoms with E-state index >= 15 is 0 Å². The summed E-state index contributed by atoms with van der Waals surface area (Å²) in [4.78, 5) is 4.03. The zero-order valence-electron chi connectivity index (χ0n) is 14.0. The van der Waals surface area contributed by atoms with Crippen molar-refractivity contribution in [3.05, 3.63) is 35.4 Å². The second-order valence-electron chi connectivity index (χ2n) is 6.22. The number of nitrogens with one attached hydrogen (secondary N) is 2. The van der Waals surface area contributed by atoms with Crippen LogP contribution in [0.2, 0.25) is 0 Å². The van der Waals surface area contributed by atoms with Crippen LogP contribution < -0.4 is 10.6 Å². The number of hydrogen-bond donors (Lipinski definition) is 2. The van der Waals surface area contributed by atoms with Gasteiger partial charge in [-0.15, -0.1) is 0 Å². The zero-order valence-corrected chi connectivity index (χ0v) is 14.0. The fourth-order valence-corrected chi connectivity index (χ4v) is 3.00. The molecule has 1 fully saturated rings. The van der Waals surface area contributed by atoms with Gasteiger partial charge < -0.3 is 10.6 Å². The lowest BCUT2D eigenvalue weighted by atomic mass is 9.85. The molecule has 2 N–H and O–H groups in total. The number of alkyl halides is 3. The number of guanidine groups is 1. The minimum Gasteiger partial charge on any atom is -0.356 e. The average molecular weight is 363 g/mol. The largest absolute Gasteiger partial charge is 0.391 e. The molecule has 1 aliphatic carbocycles. The number of hydrogen-bond acceptors (Lipinski definition) is 1. The van der Waals surface area contributed by atoms with Crippen LogP contribution in [0.3, 0.4) is 0 Å². The van der Waals surface area contributed by atoms with Crippen LogP contribution in [0, 0.1) is 17.6 Å². The summed E-state index contributed by atoms with van der Waals surface area (Å²) in [6.45, 7) is 0.331. The van der Waals surface area contributed by atoms with Gasteiger partial charge in [-0.1, -0.05) is 0 Å². The lowest BCUT2D eigenvalue weighted by molar-refractivity contribution is -0.182. The highest BCUT2D eigenvalue weighted by molar-refractivity contribution is 5.79. The second-order valence-corrected chi connectivity index (χ2v) is 6.22. The van der Waals surface area contributed by atoms with E-state index in [4.69, 9.17) is 0 Å². The van der Waals surface area contributed by atoms with Gasteiger partial charge in [-0.05, 0) is 55.9 Å².